The lowest BCUT2D eigenvalue weighted by molar-refractivity contribution is 0.828. The van der Waals surface area contributed by atoms with Gasteiger partial charge in [0, 0.05) is 24.5 Å². The summed E-state index contributed by atoms with van der Waals surface area (Å²) in [5.74, 6) is 6.78. The van der Waals surface area contributed by atoms with Gasteiger partial charge in [-0.15, -0.1) is 0 Å². The SMILES string of the molecule is Cc1cccc(N(C)Cc2nc(C)cc(NN)n2)c1. The van der Waals surface area contributed by atoms with Crippen LogP contribution in [0.2, 0.25) is 0 Å². The van der Waals surface area contributed by atoms with Crippen molar-refractivity contribution >= 4 is 11.5 Å². The van der Waals surface area contributed by atoms with E-state index in [1.54, 1.807) is 0 Å². The maximum atomic E-state index is 5.40. The molecule has 3 N–H and O–H groups in total. The van der Waals surface area contributed by atoms with E-state index >= 15 is 0 Å². The highest BCUT2D eigenvalue weighted by atomic mass is 15.3. The van der Waals surface area contributed by atoms with Crippen molar-refractivity contribution in [3.05, 3.63) is 47.4 Å². The van der Waals surface area contributed by atoms with E-state index in [4.69, 9.17) is 5.84 Å². The van der Waals surface area contributed by atoms with Crippen molar-refractivity contribution in [1.82, 2.24) is 9.97 Å². The van der Waals surface area contributed by atoms with E-state index in [1.807, 2.05) is 26.1 Å². The van der Waals surface area contributed by atoms with E-state index in [9.17, 15) is 0 Å². The fourth-order valence-corrected chi connectivity index (χ4v) is 1.94. The number of benzene rings is 1. The number of hydrogen-bond acceptors (Lipinski definition) is 5. The zero-order valence-electron chi connectivity index (χ0n) is 11.5. The summed E-state index contributed by atoms with van der Waals surface area (Å²) in [7, 11) is 2.02. The number of anilines is 2. The minimum absolute atomic E-state index is 0.639. The lowest BCUT2D eigenvalue weighted by atomic mass is 10.2. The second-order valence-electron chi connectivity index (χ2n) is 4.65. The summed E-state index contributed by atoms with van der Waals surface area (Å²) >= 11 is 0. The molecule has 0 aliphatic rings. The number of nitrogen functional groups attached to an aromatic ring is 1. The van der Waals surface area contributed by atoms with Gasteiger partial charge in [-0.05, 0) is 31.5 Å². The fraction of sp³-hybridized carbons (Fsp3) is 0.286. The Hall–Kier alpha value is -2.14. The van der Waals surface area contributed by atoms with Gasteiger partial charge in [-0.25, -0.2) is 15.8 Å². The Bertz CT molecular complexity index is 568. The Morgan fingerprint density at radius 2 is 2.00 bits per heavy atom. The van der Waals surface area contributed by atoms with Crippen molar-refractivity contribution in [1.29, 1.82) is 0 Å². The molecular formula is C14H19N5. The smallest absolute Gasteiger partial charge is 0.150 e. The van der Waals surface area contributed by atoms with Crippen molar-refractivity contribution in [3.8, 4) is 0 Å². The van der Waals surface area contributed by atoms with Crippen LogP contribution in [-0.2, 0) is 6.54 Å². The van der Waals surface area contributed by atoms with Gasteiger partial charge in [0.25, 0.3) is 0 Å². The Labute approximate surface area is 113 Å². The first-order chi connectivity index (χ1) is 9.08. The van der Waals surface area contributed by atoms with Crippen molar-refractivity contribution in [3.63, 3.8) is 0 Å². The number of nitrogens with one attached hydrogen (secondary N) is 1. The number of rotatable bonds is 4. The Morgan fingerprint density at radius 1 is 1.21 bits per heavy atom. The van der Waals surface area contributed by atoms with Crippen molar-refractivity contribution in [2.75, 3.05) is 17.4 Å². The van der Waals surface area contributed by atoms with Crippen molar-refractivity contribution in [2.45, 2.75) is 20.4 Å². The van der Waals surface area contributed by atoms with E-state index < -0.39 is 0 Å². The van der Waals surface area contributed by atoms with Crippen LogP contribution in [0.3, 0.4) is 0 Å². The molecule has 0 spiro atoms. The minimum Gasteiger partial charge on any atom is -0.367 e. The molecule has 1 aromatic heterocycles. The summed E-state index contributed by atoms with van der Waals surface area (Å²) in [6.07, 6.45) is 0. The van der Waals surface area contributed by atoms with Gasteiger partial charge < -0.3 is 10.3 Å². The van der Waals surface area contributed by atoms with Crippen LogP contribution < -0.4 is 16.2 Å². The molecule has 5 heteroatoms. The van der Waals surface area contributed by atoms with Crippen LogP contribution in [0.1, 0.15) is 17.1 Å². The third-order valence-corrected chi connectivity index (χ3v) is 2.87. The fourth-order valence-electron chi connectivity index (χ4n) is 1.94. The average molecular weight is 257 g/mol. The minimum atomic E-state index is 0.639. The molecule has 0 atom stereocenters. The molecule has 0 radical (unpaired) electrons. The standard InChI is InChI=1S/C14H19N5/c1-10-5-4-6-12(7-10)19(3)9-14-16-11(2)8-13(17-14)18-15/h4-8H,9,15H2,1-3H3,(H,16,17,18). The summed E-state index contributed by atoms with van der Waals surface area (Å²) in [6, 6.07) is 10.2. The molecule has 0 aliphatic carbocycles. The maximum Gasteiger partial charge on any atom is 0.150 e. The number of hydrazine groups is 1. The van der Waals surface area contributed by atoms with E-state index in [0.717, 1.165) is 17.2 Å². The van der Waals surface area contributed by atoms with E-state index in [1.165, 1.54) is 5.56 Å². The predicted molar refractivity (Wildman–Crippen MR) is 77.9 cm³/mol. The predicted octanol–water partition coefficient (Wildman–Crippen LogP) is 2.02. The normalized spacial score (nSPS) is 10.3. The van der Waals surface area contributed by atoms with Gasteiger partial charge in [0.05, 0.1) is 6.54 Å². The van der Waals surface area contributed by atoms with Gasteiger partial charge in [-0.2, -0.15) is 0 Å². The van der Waals surface area contributed by atoms with Crippen LogP contribution in [0, 0.1) is 13.8 Å². The van der Waals surface area contributed by atoms with Gasteiger partial charge in [-0.1, -0.05) is 12.1 Å². The van der Waals surface area contributed by atoms with Crippen LogP contribution in [0.4, 0.5) is 11.5 Å². The second-order valence-corrected chi connectivity index (χ2v) is 4.65. The van der Waals surface area contributed by atoms with Gasteiger partial charge in [0.15, 0.2) is 0 Å². The van der Waals surface area contributed by atoms with E-state index in [2.05, 4.69) is 45.4 Å². The summed E-state index contributed by atoms with van der Waals surface area (Å²) in [4.78, 5) is 10.9. The van der Waals surface area contributed by atoms with Crippen molar-refractivity contribution < 1.29 is 0 Å². The Kier molecular flexibility index (Phi) is 3.97. The Morgan fingerprint density at radius 3 is 2.68 bits per heavy atom. The molecule has 2 rings (SSSR count). The summed E-state index contributed by atoms with van der Waals surface area (Å²) < 4.78 is 0. The maximum absolute atomic E-state index is 5.40. The molecule has 0 bridgehead atoms. The van der Waals surface area contributed by atoms with Crippen LogP contribution >= 0.6 is 0 Å². The molecule has 0 fully saturated rings. The Balaban J connectivity index is 2.18. The molecule has 19 heavy (non-hydrogen) atoms. The molecule has 0 saturated heterocycles. The molecule has 0 saturated carbocycles. The molecule has 2 aromatic rings. The summed E-state index contributed by atoms with van der Waals surface area (Å²) in [5.41, 5.74) is 5.84. The number of nitrogens with zero attached hydrogens (tertiary/aromatic N) is 3. The molecule has 0 unspecified atom stereocenters. The highest BCUT2D eigenvalue weighted by Gasteiger charge is 2.06. The van der Waals surface area contributed by atoms with Crippen LogP contribution in [0.25, 0.3) is 0 Å². The number of aryl methyl sites for hydroxylation is 2. The zero-order valence-corrected chi connectivity index (χ0v) is 11.5. The lowest BCUT2D eigenvalue weighted by Gasteiger charge is -2.19. The summed E-state index contributed by atoms with van der Waals surface area (Å²) in [6.45, 7) is 4.65. The molecule has 0 amide bonds. The highest BCUT2D eigenvalue weighted by molar-refractivity contribution is 5.47. The summed E-state index contributed by atoms with van der Waals surface area (Å²) in [5, 5.41) is 0. The molecule has 1 aromatic carbocycles. The first-order valence-corrected chi connectivity index (χ1v) is 6.17. The van der Waals surface area contributed by atoms with Crippen LogP contribution in [0.5, 0.6) is 0 Å². The zero-order chi connectivity index (χ0) is 13.8. The third-order valence-electron chi connectivity index (χ3n) is 2.87. The van der Waals surface area contributed by atoms with Crippen molar-refractivity contribution in [2.24, 2.45) is 5.84 Å². The number of nitrogens with two attached hydrogens (primary N) is 1. The van der Waals surface area contributed by atoms with Crippen LogP contribution in [-0.4, -0.2) is 17.0 Å². The largest absolute Gasteiger partial charge is 0.367 e. The lowest BCUT2D eigenvalue weighted by Crippen LogP contribution is -2.19. The van der Waals surface area contributed by atoms with Gasteiger partial charge in [0.1, 0.15) is 11.6 Å². The third kappa shape index (κ3) is 3.42. The molecule has 1 heterocycles. The molecule has 0 aliphatic heterocycles. The van der Waals surface area contributed by atoms with Crippen LogP contribution in [0.15, 0.2) is 30.3 Å². The van der Waals surface area contributed by atoms with E-state index in [0.29, 0.717) is 12.4 Å². The highest BCUT2D eigenvalue weighted by Crippen LogP contribution is 2.16. The molecular weight excluding hydrogens is 238 g/mol. The van der Waals surface area contributed by atoms with Gasteiger partial charge in [-0.3, -0.25) is 0 Å². The van der Waals surface area contributed by atoms with Gasteiger partial charge >= 0.3 is 0 Å². The average Bonchev–Trinajstić information content (AvgIpc) is 2.38. The number of aromatic nitrogens is 2. The number of hydrogen-bond donors (Lipinski definition) is 2. The molecule has 5 nitrogen and oxygen atoms in total. The first kappa shape index (κ1) is 13.3. The monoisotopic (exact) mass is 257 g/mol. The topological polar surface area (TPSA) is 67.1 Å². The second kappa shape index (κ2) is 5.67. The van der Waals surface area contributed by atoms with Gasteiger partial charge in [0.2, 0.25) is 0 Å². The quantitative estimate of drug-likeness (QED) is 0.648. The molecule has 100 valence electrons. The first-order valence-electron chi connectivity index (χ1n) is 6.17. The van der Waals surface area contributed by atoms with E-state index in [-0.39, 0.29) is 0 Å².